The molecule has 2 rings (SSSR count). The lowest BCUT2D eigenvalue weighted by atomic mass is 9.97. The van der Waals surface area contributed by atoms with Crippen LogP contribution >= 0.6 is 11.3 Å². The fourth-order valence-electron chi connectivity index (χ4n) is 2.34. The first kappa shape index (κ1) is 13.0. The van der Waals surface area contributed by atoms with E-state index in [0.717, 1.165) is 30.0 Å². The van der Waals surface area contributed by atoms with E-state index in [1.807, 2.05) is 12.3 Å². The Hall–Kier alpha value is -0.460. The Morgan fingerprint density at radius 2 is 2.41 bits per heavy atom. The molecule has 0 spiro atoms. The van der Waals surface area contributed by atoms with Crippen molar-refractivity contribution in [3.63, 3.8) is 0 Å². The van der Waals surface area contributed by atoms with E-state index in [0.29, 0.717) is 11.5 Å². The first-order valence-corrected chi connectivity index (χ1v) is 8.52. The summed E-state index contributed by atoms with van der Waals surface area (Å²) in [4.78, 5) is 4.37. The van der Waals surface area contributed by atoms with E-state index < -0.39 is 9.84 Å². The molecule has 1 saturated heterocycles. The van der Waals surface area contributed by atoms with Crippen molar-refractivity contribution in [3.8, 4) is 0 Å². The van der Waals surface area contributed by atoms with Gasteiger partial charge in [0, 0.05) is 17.8 Å². The second-order valence-electron chi connectivity index (χ2n) is 4.83. The lowest BCUT2D eigenvalue weighted by molar-refractivity contribution is 0.466. The first-order chi connectivity index (χ1) is 7.94. The highest BCUT2D eigenvalue weighted by molar-refractivity contribution is 7.91. The van der Waals surface area contributed by atoms with Gasteiger partial charge in [0.25, 0.3) is 0 Å². The van der Waals surface area contributed by atoms with E-state index in [9.17, 15) is 8.42 Å². The predicted octanol–water partition coefficient (Wildman–Crippen LogP) is 1.15. The van der Waals surface area contributed by atoms with Gasteiger partial charge in [-0.3, -0.25) is 0 Å². The molecule has 2 N–H and O–H groups in total. The summed E-state index contributed by atoms with van der Waals surface area (Å²) in [6.45, 7) is 1.98. The summed E-state index contributed by atoms with van der Waals surface area (Å²) in [5.41, 5.74) is 7.08. The molecule has 0 bridgehead atoms. The zero-order valence-electron chi connectivity index (χ0n) is 9.93. The van der Waals surface area contributed by atoms with Crippen LogP contribution < -0.4 is 5.73 Å². The van der Waals surface area contributed by atoms with Crippen molar-refractivity contribution in [2.24, 2.45) is 11.7 Å². The van der Waals surface area contributed by atoms with E-state index >= 15 is 0 Å². The second-order valence-corrected chi connectivity index (χ2v) is 8.12. The number of sulfone groups is 1. The SMILES string of the molecule is Cc1nc(CC(N)CC2CCS(=O)(=O)C2)cs1. The maximum absolute atomic E-state index is 11.3. The van der Waals surface area contributed by atoms with E-state index in [2.05, 4.69) is 4.98 Å². The van der Waals surface area contributed by atoms with Crippen LogP contribution in [0.15, 0.2) is 5.38 Å². The monoisotopic (exact) mass is 274 g/mol. The molecule has 1 aromatic rings. The summed E-state index contributed by atoms with van der Waals surface area (Å²) >= 11 is 1.63. The Bertz CT molecular complexity index is 481. The van der Waals surface area contributed by atoms with Crippen LogP contribution in [0.5, 0.6) is 0 Å². The summed E-state index contributed by atoms with van der Waals surface area (Å²) in [7, 11) is -2.78. The molecule has 0 aliphatic carbocycles. The van der Waals surface area contributed by atoms with E-state index in [1.54, 1.807) is 11.3 Å². The van der Waals surface area contributed by atoms with Gasteiger partial charge in [-0.2, -0.15) is 0 Å². The van der Waals surface area contributed by atoms with Gasteiger partial charge in [-0.05, 0) is 25.7 Å². The molecule has 1 fully saturated rings. The molecule has 0 aromatic carbocycles. The Labute approximate surface area is 106 Å². The number of rotatable bonds is 4. The molecule has 2 heterocycles. The third kappa shape index (κ3) is 3.76. The minimum absolute atomic E-state index is 0.0230. The van der Waals surface area contributed by atoms with Crippen LogP contribution in [0.4, 0.5) is 0 Å². The molecule has 0 radical (unpaired) electrons. The summed E-state index contributed by atoms with van der Waals surface area (Å²) in [5.74, 6) is 0.895. The maximum Gasteiger partial charge on any atom is 0.150 e. The summed E-state index contributed by atoms with van der Waals surface area (Å²) in [6.07, 6.45) is 2.31. The van der Waals surface area contributed by atoms with Crippen LogP contribution in [0.25, 0.3) is 0 Å². The quantitative estimate of drug-likeness (QED) is 0.894. The van der Waals surface area contributed by atoms with Crippen LogP contribution in [0.2, 0.25) is 0 Å². The molecule has 2 unspecified atom stereocenters. The Kier molecular flexibility index (Phi) is 3.85. The largest absolute Gasteiger partial charge is 0.327 e. The summed E-state index contributed by atoms with van der Waals surface area (Å²) < 4.78 is 22.7. The average molecular weight is 274 g/mol. The normalized spacial score (nSPS) is 24.9. The smallest absolute Gasteiger partial charge is 0.150 e. The second kappa shape index (κ2) is 5.04. The van der Waals surface area contributed by atoms with Crippen molar-refractivity contribution in [2.75, 3.05) is 11.5 Å². The minimum atomic E-state index is -2.78. The van der Waals surface area contributed by atoms with Crippen molar-refractivity contribution in [1.82, 2.24) is 4.98 Å². The molecule has 2 atom stereocenters. The zero-order chi connectivity index (χ0) is 12.5. The van der Waals surface area contributed by atoms with Gasteiger partial charge < -0.3 is 5.73 Å². The fourth-order valence-corrected chi connectivity index (χ4v) is 4.85. The van der Waals surface area contributed by atoms with E-state index in [4.69, 9.17) is 5.73 Å². The van der Waals surface area contributed by atoms with E-state index in [1.165, 1.54) is 0 Å². The summed E-state index contributed by atoms with van der Waals surface area (Å²) in [6, 6.07) is 0.0230. The van der Waals surface area contributed by atoms with Crippen molar-refractivity contribution < 1.29 is 8.42 Å². The van der Waals surface area contributed by atoms with Gasteiger partial charge in [0.05, 0.1) is 22.2 Å². The Balaban J connectivity index is 1.84. The van der Waals surface area contributed by atoms with Gasteiger partial charge >= 0.3 is 0 Å². The fraction of sp³-hybridized carbons (Fsp3) is 0.727. The van der Waals surface area contributed by atoms with E-state index in [-0.39, 0.29) is 12.0 Å². The number of thiazole rings is 1. The molecule has 1 aliphatic heterocycles. The Morgan fingerprint density at radius 3 is 2.94 bits per heavy atom. The van der Waals surface area contributed by atoms with Crippen LogP contribution in [0, 0.1) is 12.8 Å². The lowest BCUT2D eigenvalue weighted by Crippen LogP contribution is -2.26. The molecule has 17 heavy (non-hydrogen) atoms. The number of hydrogen-bond donors (Lipinski definition) is 1. The van der Waals surface area contributed by atoms with Crippen LogP contribution in [0.1, 0.15) is 23.5 Å². The van der Waals surface area contributed by atoms with Gasteiger partial charge in [-0.25, -0.2) is 13.4 Å². The van der Waals surface area contributed by atoms with Crippen molar-refractivity contribution >= 4 is 21.2 Å². The standard InChI is InChI=1S/C11H18N2O2S2/c1-8-13-11(6-16-8)5-10(12)4-9-2-3-17(14,15)7-9/h6,9-10H,2-5,7,12H2,1H3. The maximum atomic E-state index is 11.3. The molecule has 6 heteroatoms. The average Bonchev–Trinajstić information content (AvgIpc) is 2.73. The molecule has 4 nitrogen and oxygen atoms in total. The van der Waals surface area contributed by atoms with Crippen LogP contribution in [-0.4, -0.2) is 30.9 Å². The third-order valence-corrected chi connectivity index (χ3v) is 5.76. The highest BCUT2D eigenvalue weighted by Gasteiger charge is 2.29. The lowest BCUT2D eigenvalue weighted by Gasteiger charge is -2.14. The number of aromatic nitrogens is 1. The molecular weight excluding hydrogens is 256 g/mol. The highest BCUT2D eigenvalue weighted by atomic mass is 32.2. The Morgan fingerprint density at radius 1 is 1.65 bits per heavy atom. The number of nitrogens with zero attached hydrogens (tertiary/aromatic N) is 1. The molecule has 1 aromatic heterocycles. The molecule has 96 valence electrons. The van der Waals surface area contributed by atoms with Crippen LogP contribution in [0.3, 0.4) is 0 Å². The topological polar surface area (TPSA) is 73.0 Å². The highest BCUT2D eigenvalue weighted by Crippen LogP contribution is 2.23. The van der Waals surface area contributed by atoms with Crippen molar-refractivity contribution in [1.29, 1.82) is 0 Å². The number of aryl methyl sites for hydroxylation is 1. The van der Waals surface area contributed by atoms with Gasteiger partial charge in [0.1, 0.15) is 0 Å². The summed E-state index contributed by atoms with van der Waals surface area (Å²) in [5, 5.41) is 3.08. The minimum Gasteiger partial charge on any atom is -0.327 e. The predicted molar refractivity (Wildman–Crippen MR) is 69.9 cm³/mol. The first-order valence-electron chi connectivity index (χ1n) is 5.81. The molecule has 1 aliphatic rings. The van der Waals surface area contributed by atoms with Gasteiger partial charge in [-0.1, -0.05) is 0 Å². The zero-order valence-corrected chi connectivity index (χ0v) is 11.6. The van der Waals surface area contributed by atoms with Crippen molar-refractivity contribution in [2.45, 2.75) is 32.2 Å². The van der Waals surface area contributed by atoms with Gasteiger partial charge in [-0.15, -0.1) is 11.3 Å². The third-order valence-electron chi connectivity index (χ3n) is 3.10. The van der Waals surface area contributed by atoms with Crippen molar-refractivity contribution in [3.05, 3.63) is 16.1 Å². The molecular formula is C11H18N2O2S2. The van der Waals surface area contributed by atoms with Gasteiger partial charge in [0.2, 0.25) is 0 Å². The molecule has 0 amide bonds. The number of hydrogen-bond acceptors (Lipinski definition) is 5. The van der Waals surface area contributed by atoms with Gasteiger partial charge in [0.15, 0.2) is 9.84 Å². The number of nitrogens with two attached hydrogens (primary N) is 1. The molecule has 0 saturated carbocycles. The van der Waals surface area contributed by atoms with Crippen LogP contribution in [-0.2, 0) is 16.3 Å².